The van der Waals surface area contributed by atoms with Gasteiger partial charge in [0.25, 0.3) is 0 Å². The van der Waals surface area contributed by atoms with Crippen molar-refractivity contribution < 1.29 is 4.79 Å². The first-order valence-corrected chi connectivity index (χ1v) is 5.62. The summed E-state index contributed by atoms with van der Waals surface area (Å²) in [6.07, 6.45) is 2.36. The molecule has 0 aliphatic carbocycles. The molecule has 0 aliphatic rings. The van der Waals surface area contributed by atoms with E-state index >= 15 is 0 Å². The Bertz CT molecular complexity index is 518. The van der Waals surface area contributed by atoms with Crippen LogP contribution in [0.1, 0.15) is 36.7 Å². The smallest absolute Gasteiger partial charge is 0.153 e. The lowest BCUT2D eigenvalue weighted by Crippen LogP contribution is -2.10. The number of benzene rings is 1. The van der Waals surface area contributed by atoms with Gasteiger partial charge in [0.2, 0.25) is 0 Å². The summed E-state index contributed by atoms with van der Waals surface area (Å²) in [4.78, 5) is 10.8. The summed E-state index contributed by atoms with van der Waals surface area (Å²) < 4.78 is 0. The fraction of sp³-hybridized carbons (Fsp3) is 0.286. The highest BCUT2D eigenvalue weighted by atomic mass is 16.1. The van der Waals surface area contributed by atoms with Crippen molar-refractivity contribution in [3.05, 3.63) is 41.6 Å². The van der Waals surface area contributed by atoms with E-state index in [2.05, 4.69) is 43.1 Å². The molecule has 17 heavy (non-hydrogen) atoms. The molecule has 0 amide bonds. The fourth-order valence-electron chi connectivity index (χ4n) is 1.75. The van der Waals surface area contributed by atoms with Gasteiger partial charge in [-0.05, 0) is 11.0 Å². The quantitative estimate of drug-likeness (QED) is 0.802. The highest BCUT2D eigenvalue weighted by Gasteiger charge is 2.14. The monoisotopic (exact) mass is 228 g/mol. The van der Waals surface area contributed by atoms with Crippen molar-refractivity contribution in [3.8, 4) is 11.3 Å². The Kier molecular flexibility index (Phi) is 2.84. The van der Waals surface area contributed by atoms with Crippen LogP contribution in [0.3, 0.4) is 0 Å². The molecule has 0 saturated carbocycles. The van der Waals surface area contributed by atoms with Crippen LogP contribution in [0.4, 0.5) is 0 Å². The number of carbonyl (C=O) groups is 1. The molecule has 0 aliphatic heterocycles. The van der Waals surface area contributed by atoms with Gasteiger partial charge in [0, 0.05) is 5.56 Å². The Balaban J connectivity index is 2.39. The maximum atomic E-state index is 10.8. The van der Waals surface area contributed by atoms with E-state index in [9.17, 15) is 4.79 Å². The summed E-state index contributed by atoms with van der Waals surface area (Å²) in [5.74, 6) is 0. The first kappa shape index (κ1) is 11.6. The van der Waals surface area contributed by atoms with E-state index in [1.165, 1.54) is 5.56 Å². The molecule has 0 fully saturated rings. The number of carbonyl (C=O) groups excluding carboxylic acids is 1. The van der Waals surface area contributed by atoms with Gasteiger partial charge in [0.1, 0.15) is 0 Å². The predicted octanol–water partition coefficient (Wildman–Crippen LogP) is 3.19. The van der Waals surface area contributed by atoms with E-state index in [4.69, 9.17) is 0 Å². The van der Waals surface area contributed by atoms with E-state index in [-0.39, 0.29) is 5.41 Å². The van der Waals surface area contributed by atoms with Crippen LogP contribution in [-0.4, -0.2) is 16.5 Å². The third kappa shape index (κ3) is 2.28. The molecular weight excluding hydrogens is 212 g/mol. The van der Waals surface area contributed by atoms with Crippen LogP contribution in [0, 0.1) is 0 Å². The first-order chi connectivity index (χ1) is 8.02. The Morgan fingerprint density at radius 3 is 2.35 bits per heavy atom. The van der Waals surface area contributed by atoms with Crippen molar-refractivity contribution in [2.24, 2.45) is 0 Å². The molecule has 0 unspecified atom stereocenters. The summed E-state index contributed by atoms with van der Waals surface area (Å²) in [5, 5.41) is 6.73. The SMILES string of the molecule is CC(C)(C)c1ccc(-c2[nH]ncc2C=O)cc1. The van der Waals surface area contributed by atoms with E-state index in [0.717, 1.165) is 17.5 Å². The van der Waals surface area contributed by atoms with Crippen LogP contribution < -0.4 is 0 Å². The van der Waals surface area contributed by atoms with Crippen LogP contribution in [0.15, 0.2) is 30.5 Å². The van der Waals surface area contributed by atoms with E-state index < -0.39 is 0 Å². The first-order valence-electron chi connectivity index (χ1n) is 5.62. The van der Waals surface area contributed by atoms with Gasteiger partial charge in [-0.25, -0.2) is 0 Å². The molecule has 0 spiro atoms. The molecule has 0 atom stereocenters. The summed E-state index contributed by atoms with van der Waals surface area (Å²) >= 11 is 0. The molecule has 3 nitrogen and oxygen atoms in total. The fourth-order valence-corrected chi connectivity index (χ4v) is 1.75. The van der Waals surface area contributed by atoms with Gasteiger partial charge in [-0.1, -0.05) is 45.0 Å². The number of H-pyrrole nitrogens is 1. The number of aromatic amines is 1. The Morgan fingerprint density at radius 1 is 1.18 bits per heavy atom. The maximum Gasteiger partial charge on any atom is 0.153 e. The van der Waals surface area contributed by atoms with Crippen LogP contribution in [0.25, 0.3) is 11.3 Å². The third-order valence-electron chi connectivity index (χ3n) is 2.84. The number of nitrogens with zero attached hydrogens (tertiary/aromatic N) is 1. The number of nitrogens with one attached hydrogen (secondary N) is 1. The molecule has 2 aromatic rings. The van der Waals surface area contributed by atoms with Crippen LogP contribution in [-0.2, 0) is 5.41 Å². The Hall–Kier alpha value is -1.90. The topological polar surface area (TPSA) is 45.8 Å². The third-order valence-corrected chi connectivity index (χ3v) is 2.84. The summed E-state index contributed by atoms with van der Waals surface area (Å²) in [5.41, 5.74) is 3.76. The molecule has 0 radical (unpaired) electrons. The zero-order valence-corrected chi connectivity index (χ0v) is 10.3. The van der Waals surface area contributed by atoms with Crippen molar-refractivity contribution in [1.82, 2.24) is 10.2 Å². The molecule has 0 bridgehead atoms. The lowest BCUT2D eigenvalue weighted by Gasteiger charge is -2.19. The van der Waals surface area contributed by atoms with E-state index in [0.29, 0.717) is 5.56 Å². The van der Waals surface area contributed by atoms with E-state index in [1.807, 2.05) is 12.1 Å². The van der Waals surface area contributed by atoms with Crippen LogP contribution in [0.5, 0.6) is 0 Å². The largest absolute Gasteiger partial charge is 0.298 e. The van der Waals surface area contributed by atoms with Crippen LogP contribution >= 0.6 is 0 Å². The average molecular weight is 228 g/mol. The zero-order valence-electron chi connectivity index (χ0n) is 10.3. The minimum Gasteiger partial charge on any atom is -0.298 e. The second kappa shape index (κ2) is 4.17. The predicted molar refractivity (Wildman–Crippen MR) is 68.1 cm³/mol. The number of hydrogen-bond donors (Lipinski definition) is 1. The number of rotatable bonds is 2. The van der Waals surface area contributed by atoms with Crippen LogP contribution in [0.2, 0.25) is 0 Å². The number of hydrogen-bond acceptors (Lipinski definition) is 2. The molecule has 0 saturated heterocycles. The molecule has 3 heteroatoms. The standard InChI is InChI=1S/C14H16N2O/c1-14(2,3)12-6-4-10(5-7-12)13-11(9-17)8-15-16-13/h4-9H,1-3H3,(H,15,16). The second-order valence-electron chi connectivity index (χ2n) is 5.15. The summed E-state index contributed by atoms with van der Waals surface area (Å²) in [6, 6.07) is 8.21. The van der Waals surface area contributed by atoms with Gasteiger partial charge >= 0.3 is 0 Å². The van der Waals surface area contributed by atoms with Gasteiger partial charge < -0.3 is 0 Å². The highest BCUT2D eigenvalue weighted by molar-refractivity contribution is 5.85. The Labute approximate surface area is 101 Å². The van der Waals surface area contributed by atoms with Gasteiger partial charge in [-0.3, -0.25) is 9.89 Å². The van der Waals surface area contributed by atoms with Gasteiger partial charge in [0.05, 0.1) is 17.5 Å². The van der Waals surface area contributed by atoms with Gasteiger partial charge in [-0.2, -0.15) is 5.10 Å². The van der Waals surface area contributed by atoms with Crippen molar-refractivity contribution in [2.75, 3.05) is 0 Å². The molecule has 88 valence electrons. The highest BCUT2D eigenvalue weighted by Crippen LogP contribution is 2.26. The number of aldehydes is 1. The van der Waals surface area contributed by atoms with E-state index in [1.54, 1.807) is 6.20 Å². The molecule has 2 rings (SSSR count). The van der Waals surface area contributed by atoms with Crippen molar-refractivity contribution >= 4 is 6.29 Å². The van der Waals surface area contributed by atoms with Crippen molar-refractivity contribution in [2.45, 2.75) is 26.2 Å². The minimum atomic E-state index is 0.139. The zero-order chi connectivity index (χ0) is 12.5. The normalized spacial score (nSPS) is 11.5. The summed E-state index contributed by atoms with van der Waals surface area (Å²) in [7, 11) is 0. The minimum absolute atomic E-state index is 0.139. The lowest BCUT2D eigenvalue weighted by atomic mass is 9.86. The second-order valence-corrected chi connectivity index (χ2v) is 5.15. The van der Waals surface area contributed by atoms with Crippen molar-refractivity contribution in [1.29, 1.82) is 0 Å². The average Bonchev–Trinajstić information content (AvgIpc) is 2.76. The molecule has 1 aromatic heterocycles. The molecule has 1 N–H and O–H groups in total. The van der Waals surface area contributed by atoms with Crippen molar-refractivity contribution in [3.63, 3.8) is 0 Å². The Morgan fingerprint density at radius 2 is 1.82 bits per heavy atom. The number of aromatic nitrogens is 2. The summed E-state index contributed by atoms with van der Waals surface area (Å²) in [6.45, 7) is 6.53. The van der Waals surface area contributed by atoms with Gasteiger partial charge in [0.15, 0.2) is 6.29 Å². The molecule has 1 aromatic carbocycles. The lowest BCUT2D eigenvalue weighted by molar-refractivity contribution is 0.112. The molecule has 1 heterocycles. The molecular formula is C14H16N2O. The van der Waals surface area contributed by atoms with Gasteiger partial charge in [-0.15, -0.1) is 0 Å². The maximum absolute atomic E-state index is 10.8.